The number of nitrogens with zero attached hydrogens (tertiary/aromatic N) is 3. The summed E-state index contributed by atoms with van der Waals surface area (Å²) in [5.41, 5.74) is 3.09. The molecule has 0 bridgehead atoms. The predicted molar refractivity (Wildman–Crippen MR) is 113 cm³/mol. The summed E-state index contributed by atoms with van der Waals surface area (Å²) >= 11 is 0. The average molecular weight is 368 g/mol. The van der Waals surface area contributed by atoms with E-state index >= 15 is 0 Å². The molecule has 0 fully saturated rings. The van der Waals surface area contributed by atoms with Gasteiger partial charge in [0, 0.05) is 30.3 Å². The van der Waals surface area contributed by atoms with E-state index in [1.807, 2.05) is 62.6 Å². The van der Waals surface area contributed by atoms with E-state index in [4.69, 9.17) is 0 Å². The fourth-order valence-corrected chi connectivity index (χ4v) is 3.04. The lowest BCUT2D eigenvalue weighted by molar-refractivity contribution is -0.111. The minimum Gasteiger partial charge on any atom is -0.331 e. The van der Waals surface area contributed by atoms with Crippen molar-refractivity contribution >= 4 is 28.6 Å². The lowest BCUT2D eigenvalue weighted by atomic mass is 10.1. The first kappa shape index (κ1) is 17.7. The summed E-state index contributed by atoms with van der Waals surface area (Å²) in [6.07, 6.45) is 6.92. The fourth-order valence-electron chi connectivity index (χ4n) is 3.04. The standard InChI is InChI=1S/C23H20N4O/c1-16-24-15-21(27(16)2)18-9-10-19-14-25-22(13-20(19)12-18)26-23(28)11-8-17-6-4-3-5-7-17/h3-15H,1-2H3,(H,25,26,28)/b11-8+. The van der Waals surface area contributed by atoms with Gasteiger partial charge in [0.05, 0.1) is 11.9 Å². The molecular formula is C23H20N4O. The number of hydrogen-bond acceptors (Lipinski definition) is 3. The van der Waals surface area contributed by atoms with Crippen LogP contribution < -0.4 is 5.32 Å². The van der Waals surface area contributed by atoms with Crippen LogP contribution in [0.3, 0.4) is 0 Å². The van der Waals surface area contributed by atoms with Gasteiger partial charge in [-0.25, -0.2) is 9.97 Å². The molecule has 0 unspecified atom stereocenters. The minimum absolute atomic E-state index is 0.214. The van der Waals surface area contributed by atoms with E-state index in [0.29, 0.717) is 5.82 Å². The number of amides is 1. The molecule has 1 amide bonds. The number of rotatable bonds is 4. The number of carbonyl (C=O) groups is 1. The Morgan fingerprint density at radius 1 is 1.00 bits per heavy atom. The SMILES string of the molecule is Cc1ncc(-c2ccc3cnc(NC(=O)/C=C/c4ccccc4)cc3c2)n1C. The lowest BCUT2D eigenvalue weighted by Gasteiger charge is -2.07. The number of carbonyl (C=O) groups excluding carboxylic acids is 1. The largest absolute Gasteiger partial charge is 0.331 e. The predicted octanol–water partition coefficient (Wildman–Crippen LogP) is 4.60. The summed E-state index contributed by atoms with van der Waals surface area (Å²) in [4.78, 5) is 20.9. The smallest absolute Gasteiger partial charge is 0.249 e. The Labute approximate surface area is 163 Å². The van der Waals surface area contributed by atoms with Gasteiger partial charge in [-0.1, -0.05) is 42.5 Å². The summed E-state index contributed by atoms with van der Waals surface area (Å²) in [5.74, 6) is 1.27. The van der Waals surface area contributed by atoms with Crippen LogP contribution in [0, 0.1) is 6.92 Å². The molecule has 0 atom stereocenters. The molecule has 2 aromatic heterocycles. The van der Waals surface area contributed by atoms with Crippen molar-refractivity contribution in [2.45, 2.75) is 6.92 Å². The highest BCUT2D eigenvalue weighted by Gasteiger charge is 2.07. The number of nitrogens with one attached hydrogen (secondary N) is 1. The first-order valence-electron chi connectivity index (χ1n) is 9.03. The van der Waals surface area contributed by atoms with Gasteiger partial charge in [0.25, 0.3) is 0 Å². The van der Waals surface area contributed by atoms with Crippen molar-refractivity contribution in [3.05, 3.63) is 84.5 Å². The highest BCUT2D eigenvalue weighted by Crippen LogP contribution is 2.25. The van der Waals surface area contributed by atoms with Crippen molar-refractivity contribution in [3.8, 4) is 11.3 Å². The van der Waals surface area contributed by atoms with Gasteiger partial charge in [-0.05, 0) is 36.1 Å². The molecule has 2 aromatic carbocycles. The van der Waals surface area contributed by atoms with Gasteiger partial charge in [0.2, 0.25) is 5.91 Å². The number of hydrogen-bond donors (Lipinski definition) is 1. The van der Waals surface area contributed by atoms with Crippen molar-refractivity contribution in [1.29, 1.82) is 0 Å². The topological polar surface area (TPSA) is 59.8 Å². The third kappa shape index (κ3) is 3.69. The number of pyridine rings is 1. The Morgan fingerprint density at radius 2 is 1.82 bits per heavy atom. The summed E-state index contributed by atoms with van der Waals surface area (Å²) in [7, 11) is 2.00. The van der Waals surface area contributed by atoms with E-state index in [2.05, 4.69) is 32.0 Å². The maximum atomic E-state index is 12.2. The molecule has 28 heavy (non-hydrogen) atoms. The Morgan fingerprint density at radius 3 is 2.57 bits per heavy atom. The zero-order valence-electron chi connectivity index (χ0n) is 15.8. The van der Waals surface area contributed by atoms with Crippen molar-refractivity contribution in [1.82, 2.24) is 14.5 Å². The molecule has 0 aliphatic carbocycles. The molecular weight excluding hydrogens is 348 g/mol. The van der Waals surface area contributed by atoms with E-state index in [0.717, 1.165) is 33.4 Å². The zero-order valence-corrected chi connectivity index (χ0v) is 15.8. The number of imidazole rings is 1. The Balaban J connectivity index is 1.57. The zero-order chi connectivity index (χ0) is 19.5. The van der Waals surface area contributed by atoms with E-state index in [1.165, 1.54) is 6.08 Å². The summed E-state index contributed by atoms with van der Waals surface area (Å²) < 4.78 is 2.05. The van der Waals surface area contributed by atoms with Crippen LogP contribution >= 0.6 is 0 Å². The molecule has 0 radical (unpaired) electrons. The van der Waals surface area contributed by atoms with E-state index in [1.54, 1.807) is 12.3 Å². The van der Waals surface area contributed by atoms with Crippen LogP contribution in [0.5, 0.6) is 0 Å². The average Bonchev–Trinajstić information content (AvgIpc) is 3.05. The van der Waals surface area contributed by atoms with Gasteiger partial charge in [-0.2, -0.15) is 0 Å². The van der Waals surface area contributed by atoms with Crippen LogP contribution in [0.25, 0.3) is 28.1 Å². The maximum Gasteiger partial charge on any atom is 0.249 e. The molecule has 0 aliphatic rings. The van der Waals surface area contributed by atoms with Gasteiger partial charge in [0.15, 0.2) is 0 Å². The fraction of sp³-hybridized carbons (Fsp3) is 0.0870. The summed E-state index contributed by atoms with van der Waals surface area (Å²) in [6.45, 7) is 1.98. The molecule has 5 heteroatoms. The summed E-state index contributed by atoms with van der Waals surface area (Å²) in [6, 6.07) is 17.8. The van der Waals surface area contributed by atoms with Crippen LogP contribution in [0.4, 0.5) is 5.82 Å². The highest BCUT2D eigenvalue weighted by molar-refractivity contribution is 6.02. The van der Waals surface area contributed by atoms with E-state index in [9.17, 15) is 4.79 Å². The number of aryl methyl sites for hydroxylation is 1. The number of fused-ring (bicyclic) bond motifs is 1. The van der Waals surface area contributed by atoms with Gasteiger partial charge >= 0.3 is 0 Å². The second-order valence-electron chi connectivity index (χ2n) is 6.61. The molecule has 4 aromatic rings. The first-order valence-corrected chi connectivity index (χ1v) is 9.03. The molecule has 138 valence electrons. The van der Waals surface area contributed by atoms with Crippen LogP contribution in [0.15, 0.2) is 73.1 Å². The molecule has 0 spiro atoms. The lowest BCUT2D eigenvalue weighted by Crippen LogP contribution is -2.09. The molecule has 0 aliphatic heterocycles. The highest BCUT2D eigenvalue weighted by atomic mass is 16.1. The normalized spacial score (nSPS) is 11.2. The Bertz CT molecular complexity index is 1180. The van der Waals surface area contributed by atoms with Gasteiger partial charge in [0.1, 0.15) is 11.6 Å². The molecule has 1 N–H and O–H groups in total. The maximum absolute atomic E-state index is 12.2. The monoisotopic (exact) mass is 368 g/mol. The van der Waals surface area contributed by atoms with Crippen LogP contribution in [0.2, 0.25) is 0 Å². The van der Waals surface area contributed by atoms with Crippen LogP contribution in [0.1, 0.15) is 11.4 Å². The minimum atomic E-state index is -0.214. The Kier molecular flexibility index (Phi) is 4.72. The van der Waals surface area contributed by atoms with Crippen molar-refractivity contribution in [2.75, 3.05) is 5.32 Å². The Hall–Kier alpha value is -3.73. The summed E-state index contributed by atoms with van der Waals surface area (Å²) in [5, 5.41) is 4.85. The third-order valence-corrected chi connectivity index (χ3v) is 4.72. The second-order valence-corrected chi connectivity index (χ2v) is 6.61. The van der Waals surface area contributed by atoms with E-state index in [-0.39, 0.29) is 5.91 Å². The molecule has 0 saturated heterocycles. The molecule has 5 nitrogen and oxygen atoms in total. The number of anilines is 1. The number of benzene rings is 2. The van der Waals surface area contributed by atoms with E-state index < -0.39 is 0 Å². The second kappa shape index (κ2) is 7.48. The van der Waals surface area contributed by atoms with Crippen LogP contribution in [-0.4, -0.2) is 20.4 Å². The molecule has 0 saturated carbocycles. The first-order chi connectivity index (χ1) is 13.6. The van der Waals surface area contributed by atoms with Crippen molar-refractivity contribution in [3.63, 3.8) is 0 Å². The quantitative estimate of drug-likeness (QED) is 0.536. The third-order valence-electron chi connectivity index (χ3n) is 4.72. The van der Waals surface area contributed by atoms with Gasteiger partial charge in [-0.3, -0.25) is 4.79 Å². The van der Waals surface area contributed by atoms with Crippen molar-refractivity contribution < 1.29 is 4.79 Å². The van der Waals surface area contributed by atoms with Crippen LogP contribution in [-0.2, 0) is 11.8 Å². The molecule has 4 rings (SSSR count). The molecule has 2 heterocycles. The van der Waals surface area contributed by atoms with Crippen molar-refractivity contribution in [2.24, 2.45) is 7.05 Å². The number of aromatic nitrogens is 3. The van der Waals surface area contributed by atoms with Gasteiger partial charge < -0.3 is 9.88 Å². The van der Waals surface area contributed by atoms with Gasteiger partial charge in [-0.15, -0.1) is 0 Å².